The van der Waals surface area contributed by atoms with Crippen LogP contribution in [0, 0.1) is 0 Å². The predicted molar refractivity (Wildman–Crippen MR) is 93.5 cm³/mol. The molecule has 1 aliphatic rings. The van der Waals surface area contributed by atoms with Crippen molar-refractivity contribution in [1.82, 2.24) is 25.5 Å². The highest BCUT2D eigenvalue weighted by Gasteiger charge is 2.37. The van der Waals surface area contributed by atoms with Crippen LogP contribution in [0.3, 0.4) is 0 Å². The zero-order chi connectivity index (χ0) is 16.2. The Bertz CT molecular complexity index is 778. The number of hydrogen-bond acceptors (Lipinski definition) is 5. The highest BCUT2D eigenvalue weighted by atomic mass is 15.3. The fourth-order valence-corrected chi connectivity index (χ4v) is 3.18. The van der Waals surface area contributed by atoms with Gasteiger partial charge in [0.25, 0.3) is 0 Å². The van der Waals surface area contributed by atoms with Crippen molar-refractivity contribution < 1.29 is 0 Å². The summed E-state index contributed by atoms with van der Waals surface area (Å²) in [6.45, 7) is 1.90. The van der Waals surface area contributed by atoms with Gasteiger partial charge in [-0.2, -0.15) is 5.10 Å². The predicted octanol–water partition coefficient (Wildman–Crippen LogP) is 2.56. The summed E-state index contributed by atoms with van der Waals surface area (Å²) >= 11 is 0. The van der Waals surface area contributed by atoms with Crippen LogP contribution in [0.15, 0.2) is 54.9 Å². The molecule has 1 saturated heterocycles. The first-order valence-electron chi connectivity index (χ1n) is 8.23. The van der Waals surface area contributed by atoms with Gasteiger partial charge in [0.2, 0.25) is 0 Å². The standard InChI is InChI=1S/C18H20N6/c1-2-4-15(5-3-1)22-18(8-12-20-13-9-18)17-21-16(23-24-17)14-6-10-19-11-7-14/h1-7,10-11,20,22H,8-9,12-13H2,(H,21,23,24). The molecule has 0 unspecified atom stereocenters. The van der Waals surface area contributed by atoms with E-state index in [1.165, 1.54) is 0 Å². The van der Waals surface area contributed by atoms with E-state index in [1.54, 1.807) is 12.4 Å². The molecule has 1 aliphatic heterocycles. The summed E-state index contributed by atoms with van der Waals surface area (Å²) in [4.78, 5) is 8.84. The first kappa shape index (κ1) is 14.8. The number of rotatable bonds is 4. The number of hydrogen-bond donors (Lipinski definition) is 3. The molecule has 0 spiro atoms. The van der Waals surface area contributed by atoms with E-state index in [0.717, 1.165) is 43.0 Å². The third kappa shape index (κ3) is 2.88. The fourth-order valence-electron chi connectivity index (χ4n) is 3.18. The molecule has 24 heavy (non-hydrogen) atoms. The lowest BCUT2D eigenvalue weighted by atomic mass is 9.87. The second-order valence-electron chi connectivity index (χ2n) is 6.07. The molecule has 6 nitrogen and oxygen atoms in total. The molecule has 0 aliphatic carbocycles. The van der Waals surface area contributed by atoms with Crippen LogP contribution in [-0.4, -0.2) is 33.3 Å². The Hall–Kier alpha value is -2.73. The molecule has 0 bridgehead atoms. The van der Waals surface area contributed by atoms with Crippen molar-refractivity contribution in [1.29, 1.82) is 0 Å². The number of aromatic nitrogens is 4. The van der Waals surface area contributed by atoms with E-state index >= 15 is 0 Å². The normalized spacial score (nSPS) is 16.7. The summed E-state index contributed by atoms with van der Waals surface area (Å²) in [6.07, 6.45) is 5.42. The molecule has 6 heteroatoms. The summed E-state index contributed by atoms with van der Waals surface area (Å²) in [5.74, 6) is 1.60. The zero-order valence-corrected chi connectivity index (χ0v) is 13.4. The van der Waals surface area contributed by atoms with Gasteiger partial charge in [-0.05, 0) is 50.2 Å². The van der Waals surface area contributed by atoms with E-state index in [0.29, 0.717) is 5.82 Å². The van der Waals surface area contributed by atoms with Gasteiger partial charge in [-0.1, -0.05) is 18.2 Å². The van der Waals surface area contributed by atoms with Crippen LogP contribution in [-0.2, 0) is 5.54 Å². The van der Waals surface area contributed by atoms with Crippen LogP contribution < -0.4 is 10.6 Å². The van der Waals surface area contributed by atoms with Crippen LogP contribution in [0.4, 0.5) is 5.69 Å². The SMILES string of the molecule is c1ccc(NC2(c3nc(-c4ccncc4)n[nH]3)CCNCC2)cc1. The largest absolute Gasteiger partial charge is 0.373 e. The van der Waals surface area contributed by atoms with Gasteiger partial charge < -0.3 is 10.6 Å². The minimum atomic E-state index is -0.231. The Morgan fingerprint density at radius 2 is 1.71 bits per heavy atom. The quantitative estimate of drug-likeness (QED) is 0.688. The van der Waals surface area contributed by atoms with E-state index in [9.17, 15) is 0 Å². The van der Waals surface area contributed by atoms with E-state index < -0.39 is 0 Å². The molecule has 0 atom stereocenters. The molecule has 3 heterocycles. The topological polar surface area (TPSA) is 78.5 Å². The minimum Gasteiger partial charge on any atom is -0.373 e. The van der Waals surface area contributed by atoms with Gasteiger partial charge in [-0.3, -0.25) is 10.1 Å². The van der Waals surface area contributed by atoms with Crippen molar-refractivity contribution in [2.24, 2.45) is 0 Å². The second kappa shape index (κ2) is 6.41. The van der Waals surface area contributed by atoms with Crippen molar-refractivity contribution in [2.75, 3.05) is 18.4 Å². The van der Waals surface area contributed by atoms with Crippen molar-refractivity contribution in [3.63, 3.8) is 0 Å². The van der Waals surface area contributed by atoms with Crippen LogP contribution in [0.2, 0.25) is 0 Å². The summed E-state index contributed by atoms with van der Waals surface area (Å²) < 4.78 is 0. The lowest BCUT2D eigenvalue weighted by molar-refractivity contribution is 0.331. The zero-order valence-electron chi connectivity index (χ0n) is 13.4. The van der Waals surface area contributed by atoms with Crippen molar-refractivity contribution in [3.8, 4) is 11.4 Å². The highest BCUT2D eigenvalue weighted by Crippen LogP contribution is 2.33. The molecule has 3 aromatic rings. The van der Waals surface area contributed by atoms with Crippen molar-refractivity contribution in [3.05, 3.63) is 60.7 Å². The lowest BCUT2D eigenvalue weighted by Gasteiger charge is -2.37. The van der Waals surface area contributed by atoms with Gasteiger partial charge >= 0.3 is 0 Å². The number of nitrogens with one attached hydrogen (secondary N) is 3. The molecule has 0 amide bonds. The number of nitrogens with zero attached hydrogens (tertiary/aromatic N) is 3. The van der Waals surface area contributed by atoms with Crippen molar-refractivity contribution in [2.45, 2.75) is 18.4 Å². The summed E-state index contributed by atoms with van der Waals surface area (Å²) in [5, 5.41) is 14.7. The molecule has 3 N–H and O–H groups in total. The maximum absolute atomic E-state index is 4.79. The van der Waals surface area contributed by atoms with E-state index in [1.807, 2.05) is 30.3 Å². The summed E-state index contributed by atoms with van der Waals surface area (Å²) in [6, 6.07) is 14.1. The average Bonchev–Trinajstić information content (AvgIpc) is 3.15. The average molecular weight is 320 g/mol. The highest BCUT2D eigenvalue weighted by molar-refractivity contribution is 5.54. The number of para-hydroxylation sites is 1. The van der Waals surface area contributed by atoms with Crippen LogP contribution in [0.1, 0.15) is 18.7 Å². The Balaban J connectivity index is 1.68. The monoisotopic (exact) mass is 320 g/mol. The molecule has 0 radical (unpaired) electrons. The Morgan fingerprint density at radius 1 is 0.958 bits per heavy atom. The number of piperidine rings is 1. The van der Waals surface area contributed by atoms with Crippen LogP contribution >= 0.6 is 0 Å². The first-order chi connectivity index (χ1) is 11.9. The molecule has 1 fully saturated rings. The lowest BCUT2D eigenvalue weighted by Crippen LogP contribution is -2.46. The number of anilines is 1. The maximum atomic E-state index is 4.79. The molecular weight excluding hydrogens is 300 g/mol. The fraction of sp³-hybridized carbons (Fsp3) is 0.278. The molecule has 4 rings (SSSR count). The second-order valence-corrected chi connectivity index (χ2v) is 6.07. The maximum Gasteiger partial charge on any atom is 0.181 e. The Labute approximate surface area is 140 Å². The van der Waals surface area contributed by atoms with Gasteiger partial charge in [-0.15, -0.1) is 0 Å². The Morgan fingerprint density at radius 3 is 2.46 bits per heavy atom. The third-order valence-electron chi connectivity index (χ3n) is 4.49. The van der Waals surface area contributed by atoms with Gasteiger partial charge in [0, 0.05) is 23.6 Å². The number of pyridine rings is 1. The molecule has 122 valence electrons. The van der Waals surface area contributed by atoms with E-state index in [2.05, 4.69) is 37.9 Å². The Kier molecular flexibility index (Phi) is 3.96. The van der Waals surface area contributed by atoms with Crippen LogP contribution in [0.5, 0.6) is 0 Å². The van der Waals surface area contributed by atoms with Gasteiger partial charge in [0.1, 0.15) is 0 Å². The summed E-state index contributed by atoms with van der Waals surface area (Å²) in [5.41, 5.74) is 1.84. The van der Waals surface area contributed by atoms with Crippen LogP contribution in [0.25, 0.3) is 11.4 Å². The number of aromatic amines is 1. The molecular formula is C18H20N6. The smallest absolute Gasteiger partial charge is 0.181 e. The van der Waals surface area contributed by atoms with Gasteiger partial charge in [-0.25, -0.2) is 4.98 Å². The first-order valence-corrected chi connectivity index (χ1v) is 8.23. The number of H-pyrrole nitrogens is 1. The molecule has 2 aromatic heterocycles. The van der Waals surface area contributed by atoms with Crippen molar-refractivity contribution >= 4 is 5.69 Å². The van der Waals surface area contributed by atoms with E-state index in [-0.39, 0.29) is 5.54 Å². The van der Waals surface area contributed by atoms with Gasteiger partial charge in [0.15, 0.2) is 11.6 Å². The third-order valence-corrected chi connectivity index (χ3v) is 4.49. The minimum absolute atomic E-state index is 0.231. The number of benzene rings is 1. The van der Waals surface area contributed by atoms with Gasteiger partial charge in [0.05, 0.1) is 5.54 Å². The summed E-state index contributed by atoms with van der Waals surface area (Å²) in [7, 11) is 0. The molecule has 0 saturated carbocycles. The van der Waals surface area contributed by atoms with E-state index in [4.69, 9.17) is 4.98 Å². The molecule has 1 aromatic carbocycles.